The summed E-state index contributed by atoms with van der Waals surface area (Å²) in [5.74, 6) is 1.86. The Hall–Kier alpha value is -0.240. The summed E-state index contributed by atoms with van der Waals surface area (Å²) in [6.07, 6.45) is 6.92. The first-order valence-electron chi connectivity index (χ1n) is 7.30. The molecule has 1 nitrogen and oxygen atoms in total. The van der Waals surface area contributed by atoms with Crippen molar-refractivity contribution in [3.63, 3.8) is 0 Å². The lowest BCUT2D eigenvalue weighted by Gasteiger charge is -2.26. The molecule has 1 saturated carbocycles. The zero-order valence-electron chi connectivity index (χ0n) is 11.6. The average Bonchev–Trinajstić information content (AvgIpc) is 2.39. The van der Waals surface area contributed by atoms with Crippen LogP contribution in [0.3, 0.4) is 0 Å². The van der Waals surface area contributed by atoms with Gasteiger partial charge in [-0.2, -0.15) is 0 Å². The fourth-order valence-electron chi connectivity index (χ4n) is 2.81. The van der Waals surface area contributed by atoms with E-state index in [1.807, 2.05) is 18.2 Å². The normalized spacial score (nSPS) is 23.5. The van der Waals surface area contributed by atoms with Crippen molar-refractivity contribution in [1.82, 2.24) is 5.32 Å². The third kappa shape index (κ3) is 4.98. The smallest absolute Gasteiger partial charge is 0.0465 e. The largest absolute Gasteiger partial charge is 0.313 e. The molecule has 1 aromatic rings. The minimum atomic E-state index is 0.699. The summed E-state index contributed by atoms with van der Waals surface area (Å²) in [6, 6.07) is 5.70. The van der Waals surface area contributed by atoms with E-state index in [2.05, 4.69) is 12.2 Å². The molecule has 1 aliphatic carbocycles. The Morgan fingerprint density at radius 3 is 2.58 bits per heavy atom. The van der Waals surface area contributed by atoms with E-state index in [9.17, 15) is 0 Å². The lowest BCUT2D eigenvalue weighted by molar-refractivity contribution is 0.275. The van der Waals surface area contributed by atoms with Gasteiger partial charge in [0.15, 0.2) is 0 Å². The van der Waals surface area contributed by atoms with Gasteiger partial charge in [-0.15, -0.1) is 0 Å². The highest BCUT2D eigenvalue weighted by Crippen LogP contribution is 2.30. The Morgan fingerprint density at radius 2 is 1.89 bits per heavy atom. The molecule has 0 atom stereocenters. The van der Waals surface area contributed by atoms with E-state index in [0.717, 1.165) is 35.5 Å². The molecule has 0 heterocycles. The number of benzene rings is 1. The standard InChI is InChI=1S/C16H23Cl2N/c1-12-2-4-13(5-3-12)8-9-19-11-14-6-7-15(17)10-16(14)18/h6-7,10,12-13,19H,2-5,8-9,11H2,1H3. The molecule has 0 bridgehead atoms. The van der Waals surface area contributed by atoms with Gasteiger partial charge >= 0.3 is 0 Å². The zero-order valence-corrected chi connectivity index (χ0v) is 13.1. The van der Waals surface area contributed by atoms with E-state index in [-0.39, 0.29) is 0 Å². The van der Waals surface area contributed by atoms with Gasteiger partial charge < -0.3 is 5.32 Å². The van der Waals surface area contributed by atoms with Gasteiger partial charge in [0.05, 0.1) is 0 Å². The van der Waals surface area contributed by atoms with Crippen LogP contribution in [0, 0.1) is 11.8 Å². The van der Waals surface area contributed by atoms with Crippen molar-refractivity contribution >= 4 is 23.2 Å². The molecule has 0 aliphatic heterocycles. The third-order valence-electron chi connectivity index (χ3n) is 4.20. The summed E-state index contributed by atoms with van der Waals surface area (Å²) < 4.78 is 0. The number of hydrogen-bond acceptors (Lipinski definition) is 1. The highest BCUT2D eigenvalue weighted by Gasteiger charge is 2.17. The quantitative estimate of drug-likeness (QED) is 0.728. The first kappa shape index (κ1) is 15.2. The summed E-state index contributed by atoms with van der Waals surface area (Å²) in [4.78, 5) is 0. The summed E-state index contributed by atoms with van der Waals surface area (Å²) in [5.41, 5.74) is 1.13. The van der Waals surface area contributed by atoms with Crippen molar-refractivity contribution in [3.8, 4) is 0 Å². The molecule has 0 amide bonds. The van der Waals surface area contributed by atoms with E-state index < -0.39 is 0 Å². The Bertz CT molecular complexity index is 398. The second-order valence-electron chi connectivity index (χ2n) is 5.83. The predicted molar refractivity (Wildman–Crippen MR) is 83.9 cm³/mol. The second kappa shape index (κ2) is 7.52. The van der Waals surface area contributed by atoms with Gasteiger partial charge in [-0.1, -0.05) is 61.9 Å². The number of hydrogen-bond donors (Lipinski definition) is 1. The van der Waals surface area contributed by atoms with E-state index in [4.69, 9.17) is 23.2 Å². The molecular weight excluding hydrogens is 277 g/mol. The van der Waals surface area contributed by atoms with Crippen LogP contribution in [0.15, 0.2) is 18.2 Å². The van der Waals surface area contributed by atoms with E-state index in [1.165, 1.54) is 32.1 Å². The molecule has 19 heavy (non-hydrogen) atoms. The predicted octanol–water partition coefficient (Wildman–Crippen LogP) is 5.30. The lowest BCUT2D eigenvalue weighted by atomic mass is 9.81. The van der Waals surface area contributed by atoms with E-state index >= 15 is 0 Å². The third-order valence-corrected chi connectivity index (χ3v) is 4.78. The number of rotatable bonds is 5. The van der Waals surface area contributed by atoms with Crippen molar-refractivity contribution in [2.45, 2.75) is 45.6 Å². The van der Waals surface area contributed by atoms with Gasteiger partial charge in [-0.05, 0) is 42.5 Å². The van der Waals surface area contributed by atoms with Gasteiger partial charge in [0.1, 0.15) is 0 Å². The molecule has 1 fully saturated rings. The molecule has 1 N–H and O–H groups in total. The van der Waals surface area contributed by atoms with Crippen molar-refractivity contribution in [3.05, 3.63) is 33.8 Å². The average molecular weight is 300 g/mol. The van der Waals surface area contributed by atoms with E-state index in [1.54, 1.807) is 0 Å². The van der Waals surface area contributed by atoms with Crippen LogP contribution in [-0.4, -0.2) is 6.54 Å². The minimum Gasteiger partial charge on any atom is -0.313 e. The molecule has 1 aliphatic rings. The van der Waals surface area contributed by atoms with Crippen LogP contribution < -0.4 is 5.32 Å². The highest BCUT2D eigenvalue weighted by molar-refractivity contribution is 6.35. The first-order valence-corrected chi connectivity index (χ1v) is 8.05. The van der Waals surface area contributed by atoms with Crippen molar-refractivity contribution in [1.29, 1.82) is 0 Å². The summed E-state index contributed by atoms with van der Waals surface area (Å²) in [7, 11) is 0. The maximum atomic E-state index is 6.15. The molecule has 0 radical (unpaired) electrons. The first-order chi connectivity index (χ1) is 9.15. The molecule has 0 unspecified atom stereocenters. The fraction of sp³-hybridized carbons (Fsp3) is 0.625. The van der Waals surface area contributed by atoms with E-state index in [0.29, 0.717) is 5.02 Å². The molecular formula is C16H23Cl2N. The highest BCUT2D eigenvalue weighted by atomic mass is 35.5. The van der Waals surface area contributed by atoms with Gasteiger partial charge in [-0.3, -0.25) is 0 Å². The summed E-state index contributed by atoms with van der Waals surface area (Å²) in [5, 5.41) is 4.95. The van der Waals surface area contributed by atoms with Crippen LogP contribution in [0.4, 0.5) is 0 Å². The van der Waals surface area contributed by atoms with Crippen LogP contribution in [-0.2, 0) is 6.54 Å². The van der Waals surface area contributed by atoms with Crippen molar-refractivity contribution in [2.75, 3.05) is 6.54 Å². The van der Waals surface area contributed by atoms with Crippen LogP contribution >= 0.6 is 23.2 Å². The Morgan fingerprint density at radius 1 is 1.16 bits per heavy atom. The Labute approximate surface area is 126 Å². The summed E-state index contributed by atoms with van der Waals surface area (Å²) >= 11 is 12.0. The number of nitrogens with one attached hydrogen (secondary N) is 1. The second-order valence-corrected chi connectivity index (χ2v) is 6.67. The molecule has 0 aromatic heterocycles. The Kier molecular flexibility index (Phi) is 6.00. The zero-order chi connectivity index (χ0) is 13.7. The fourth-order valence-corrected chi connectivity index (χ4v) is 3.29. The maximum absolute atomic E-state index is 6.15. The van der Waals surface area contributed by atoms with Crippen LogP contribution in [0.1, 0.15) is 44.6 Å². The van der Waals surface area contributed by atoms with Crippen LogP contribution in [0.2, 0.25) is 10.0 Å². The SMILES string of the molecule is CC1CCC(CCNCc2ccc(Cl)cc2Cl)CC1. The van der Waals surface area contributed by atoms with Gasteiger partial charge in [0, 0.05) is 16.6 Å². The lowest BCUT2D eigenvalue weighted by Crippen LogP contribution is -2.20. The molecule has 3 heteroatoms. The van der Waals surface area contributed by atoms with Gasteiger partial charge in [0.2, 0.25) is 0 Å². The van der Waals surface area contributed by atoms with Gasteiger partial charge in [-0.25, -0.2) is 0 Å². The molecule has 0 saturated heterocycles. The van der Waals surface area contributed by atoms with Gasteiger partial charge in [0.25, 0.3) is 0 Å². The molecule has 1 aromatic carbocycles. The van der Waals surface area contributed by atoms with Crippen molar-refractivity contribution in [2.24, 2.45) is 11.8 Å². The summed E-state index contributed by atoms with van der Waals surface area (Å²) in [6.45, 7) is 4.29. The monoisotopic (exact) mass is 299 g/mol. The van der Waals surface area contributed by atoms with Crippen LogP contribution in [0.25, 0.3) is 0 Å². The molecule has 106 valence electrons. The Balaban J connectivity index is 1.66. The van der Waals surface area contributed by atoms with Crippen LogP contribution in [0.5, 0.6) is 0 Å². The van der Waals surface area contributed by atoms with Crippen molar-refractivity contribution < 1.29 is 0 Å². The number of halogens is 2. The molecule has 2 rings (SSSR count). The maximum Gasteiger partial charge on any atom is 0.0465 e. The molecule has 0 spiro atoms. The minimum absolute atomic E-state index is 0.699. The topological polar surface area (TPSA) is 12.0 Å².